The number of hydrogen-bond donors (Lipinski definition) is 0. The molecule has 0 saturated heterocycles. The van der Waals surface area contributed by atoms with Crippen LogP contribution in [-0.4, -0.2) is 14.4 Å². The summed E-state index contributed by atoms with van der Waals surface area (Å²) < 4.78 is 6.05. The van der Waals surface area contributed by atoms with E-state index < -0.39 is 8.32 Å². The van der Waals surface area contributed by atoms with Crippen LogP contribution in [0.25, 0.3) is 0 Å². The Morgan fingerprint density at radius 3 is 2.20 bits per heavy atom. The first-order chi connectivity index (χ1) is 6.73. The molecule has 0 amide bonds. The Balaban J connectivity index is 4.46. The standard InChI is InChI=1S/C13H26OSi/c1-8-10-11-13(3,4)12(9-2)14-15(5,6)7/h2,12H,8,10-11H2,1,3-7H3. The highest BCUT2D eigenvalue weighted by Gasteiger charge is 2.32. The molecule has 0 aliphatic rings. The van der Waals surface area contributed by atoms with Crippen molar-refractivity contribution in [2.24, 2.45) is 5.41 Å². The van der Waals surface area contributed by atoms with Crippen LogP contribution in [0.15, 0.2) is 0 Å². The minimum Gasteiger partial charge on any atom is -0.404 e. The van der Waals surface area contributed by atoms with Crippen molar-refractivity contribution in [2.45, 2.75) is 65.8 Å². The summed E-state index contributed by atoms with van der Waals surface area (Å²) in [6.07, 6.45) is 9.13. The van der Waals surface area contributed by atoms with Gasteiger partial charge < -0.3 is 4.43 Å². The van der Waals surface area contributed by atoms with Gasteiger partial charge in [-0.2, -0.15) is 0 Å². The van der Waals surface area contributed by atoms with Gasteiger partial charge in [0.15, 0.2) is 8.32 Å². The van der Waals surface area contributed by atoms with Crippen molar-refractivity contribution in [2.75, 3.05) is 0 Å². The van der Waals surface area contributed by atoms with Crippen molar-refractivity contribution >= 4 is 8.32 Å². The number of terminal acetylenes is 1. The summed E-state index contributed by atoms with van der Waals surface area (Å²) in [5.41, 5.74) is 0.102. The maximum Gasteiger partial charge on any atom is 0.185 e. The molecule has 15 heavy (non-hydrogen) atoms. The van der Waals surface area contributed by atoms with Gasteiger partial charge in [0.25, 0.3) is 0 Å². The van der Waals surface area contributed by atoms with E-state index in [1.807, 2.05) is 0 Å². The lowest BCUT2D eigenvalue weighted by Crippen LogP contribution is -2.39. The third kappa shape index (κ3) is 6.02. The fraction of sp³-hybridized carbons (Fsp3) is 0.846. The third-order valence-corrected chi connectivity index (χ3v) is 3.45. The number of unbranched alkanes of at least 4 members (excludes halogenated alkanes) is 1. The van der Waals surface area contributed by atoms with Crippen LogP contribution in [0.1, 0.15) is 40.0 Å². The monoisotopic (exact) mass is 226 g/mol. The zero-order valence-electron chi connectivity index (χ0n) is 11.2. The average Bonchev–Trinajstić information content (AvgIpc) is 2.09. The van der Waals surface area contributed by atoms with E-state index in [1.165, 1.54) is 12.8 Å². The van der Waals surface area contributed by atoms with E-state index in [2.05, 4.69) is 46.3 Å². The molecular formula is C13H26OSi. The van der Waals surface area contributed by atoms with Crippen LogP contribution in [0.5, 0.6) is 0 Å². The minimum absolute atomic E-state index is 0.0317. The second-order valence-electron chi connectivity index (χ2n) is 5.87. The van der Waals surface area contributed by atoms with Gasteiger partial charge in [-0.1, -0.05) is 39.5 Å². The molecule has 2 heteroatoms. The Bertz CT molecular complexity index is 220. The lowest BCUT2D eigenvalue weighted by molar-refractivity contribution is 0.104. The van der Waals surface area contributed by atoms with Gasteiger partial charge in [-0.15, -0.1) is 6.42 Å². The smallest absolute Gasteiger partial charge is 0.185 e. The van der Waals surface area contributed by atoms with E-state index in [9.17, 15) is 0 Å². The second kappa shape index (κ2) is 5.72. The van der Waals surface area contributed by atoms with Crippen LogP contribution in [0.3, 0.4) is 0 Å². The van der Waals surface area contributed by atoms with Gasteiger partial charge in [0.1, 0.15) is 6.10 Å². The molecule has 0 rings (SSSR count). The first-order valence-corrected chi connectivity index (χ1v) is 9.27. The summed E-state index contributed by atoms with van der Waals surface area (Å²) in [6.45, 7) is 13.2. The Morgan fingerprint density at radius 1 is 1.33 bits per heavy atom. The largest absolute Gasteiger partial charge is 0.404 e. The Labute approximate surface area is 96.7 Å². The summed E-state index contributed by atoms with van der Waals surface area (Å²) in [5.74, 6) is 2.82. The van der Waals surface area contributed by atoms with Crippen LogP contribution in [0.2, 0.25) is 19.6 Å². The molecule has 1 nitrogen and oxygen atoms in total. The zero-order valence-corrected chi connectivity index (χ0v) is 12.2. The molecule has 0 heterocycles. The summed E-state index contributed by atoms with van der Waals surface area (Å²) in [6, 6.07) is 0. The number of hydrogen-bond acceptors (Lipinski definition) is 1. The lowest BCUT2D eigenvalue weighted by atomic mass is 9.82. The van der Waals surface area contributed by atoms with E-state index in [0.717, 1.165) is 6.42 Å². The normalized spacial score (nSPS) is 14.7. The summed E-state index contributed by atoms with van der Waals surface area (Å²) in [7, 11) is -1.53. The van der Waals surface area contributed by atoms with Crippen LogP contribution in [0, 0.1) is 17.8 Å². The summed E-state index contributed by atoms with van der Waals surface area (Å²) >= 11 is 0. The zero-order chi connectivity index (χ0) is 12.1. The third-order valence-electron chi connectivity index (χ3n) is 2.51. The summed E-state index contributed by atoms with van der Waals surface area (Å²) in [4.78, 5) is 0. The fourth-order valence-electron chi connectivity index (χ4n) is 1.54. The van der Waals surface area contributed by atoms with Crippen LogP contribution < -0.4 is 0 Å². The van der Waals surface area contributed by atoms with E-state index >= 15 is 0 Å². The SMILES string of the molecule is C#CC(O[Si](C)(C)C)C(C)(C)CCCC. The van der Waals surface area contributed by atoms with Gasteiger partial charge in [0.05, 0.1) is 0 Å². The molecule has 0 aromatic carbocycles. The molecule has 0 spiro atoms. The van der Waals surface area contributed by atoms with E-state index in [4.69, 9.17) is 10.8 Å². The first-order valence-electron chi connectivity index (χ1n) is 5.87. The molecular weight excluding hydrogens is 200 g/mol. The Hall–Kier alpha value is -0.263. The van der Waals surface area contributed by atoms with Crippen molar-refractivity contribution in [1.29, 1.82) is 0 Å². The highest BCUT2D eigenvalue weighted by Crippen LogP contribution is 2.31. The molecule has 0 aromatic heterocycles. The predicted molar refractivity (Wildman–Crippen MR) is 70.4 cm³/mol. The molecule has 0 aromatic rings. The highest BCUT2D eigenvalue weighted by molar-refractivity contribution is 6.69. The van der Waals surface area contributed by atoms with Gasteiger partial charge in [0.2, 0.25) is 0 Å². The molecule has 88 valence electrons. The average molecular weight is 226 g/mol. The Kier molecular flexibility index (Phi) is 5.62. The highest BCUT2D eigenvalue weighted by atomic mass is 28.4. The van der Waals surface area contributed by atoms with Gasteiger partial charge in [-0.3, -0.25) is 0 Å². The lowest BCUT2D eigenvalue weighted by Gasteiger charge is -2.35. The maximum absolute atomic E-state index is 6.05. The molecule has 0 N–H and O–H groups in total. The van der Waals surface area contributed by atoms with Gasteiger partial charge >= 0.3 is 0 Å². The van der Waals surface area contributed by atoms with E-state index in [0.29, 0.717) is 0 Å². The van der Waals surface area contributed by atoms with Gasteiger partial charge in [-0.25, -0.2) is 0 Å². The summed E-state index contributed by atoms with van der Waals surface area (Å²) in [5, 5.41) is 0. The molecule has 0 saturated carbocycles. The molecule has 0 fully saturated rings. The van der Waals surface area contributed by atoms with Crippen molar-refractivity contribution in [1.82, 2.24) is 0 Å². The van der Waals surface area contributed by atoms with Crippen molar-refractivity contribution in [3.05, 3.63) is 0 Å². The van der Waals surface area contributed by atoms with Crippen molar-refractivity contribution in [3.8, 4) is 12.3 Å². The van der Waals surface area contributed by atoms with Gasteiger partial charge in [-0.05, 0) is 26.1 Å². The number of rotatable bonds is 6. The molecule has 0 bridgehead atoms. The Morgan fingerprint density at radius 2 is 1.87 bits per heavy atom. The topological polar surface area (TPSA) is 9.23 Å². The minimum atomic E-state index is -1.53. The van der Waals surface area contributed by atoms with E-state index in [1.54, 1.807) is 0 Å². The second-order valence-corrected chi connectivity index (χ2v) is 10.3. The molecule has 0 aliphatic heterocycles. The first kappa shape index (κ1) is 14.7. The van der Waals surface area contributed by atoms with Crippen molar-refractivity contribution < 1.29 is 4.43 Å². The molecule has 0 radical (unpaired) electrons. The quantitative estimate of drug-likeness (QED) is 0.490. The van der Waals surface area contributed by atoms with Crippen molar-refractivity contribution in [3.63, 3.8) is 0 Å². The fourth-order valence-corrected chi connectivity index (χ4v) is 2.63. The van der Waals surface area contributed by atoms with Crippen LogP contribution >= 0.6 is 0 Å². The molecule has 0 aliphatic carbocycles. The molecule has 1 atom stereocenters. The molecule has 1 unspecified atom stereocenters. The van der Waals surface area contributed by atoms with Crippen LogP contribution in [0.4, 0.5) is 0 Å². The predicted octanol–water partition coefficient (Wildman–Crippen LogP) is 4.06. The van der Waals surface area contributed by atoms with Gasteiger partial charge in [0, 0.05) is 5.41 Å². The maximum atomic E-state index is 6.05. The van der Waals surface area contributed by atoms with E-state index in [-0.39, 0.29) is 11.5 Å². The van der Waals surface area contributed by atoms with Crippen LogP contribution in [-0.2, 0) is 4.43 Å².